The predicted molar refractivity (Wildman–Crippen MR) is 126 cm³/mol. The molecule has 0 bridgehead atoms. The third-order valence-corrected chi connectivity index (χ3v) is 6.46. The number of amides is 2. The van der Waals surface area contributed by atoms with Crippen molar-refractivity contribution in [2.75, 3.05) is 18.1 Å². The van der Waals surface area contributed by atoms with E-state index >= 15 is 0 Å². The van der Waals surface area contributed by atoms with E-state index in [-0.39, 0.29) is 24.3 Å². The van der Waals surface area contributed by atoms with Gasteiger partial charge in [-0.3, -0.25) is 19.5 Å². The third-order valence-electron chi connectivity index (χ3n) is 5.58. The molecule has 1 fully saturated rings. The SMILES string of the molecule is Cc1ccccc1N(C(=O)Cc1cccs1)[C@@H](C(=O)NC[C@@H]1CCCO1)c1cccnc1. The lowest BCUT2D eigenvalue weighted by molar-refractivity contribution is -0.126. The number of aryl methyl sites for hydroxylation is 1. The fourth-order valence-corrected chi connectivity index (χ4v) is 4.67. The zero-order valence-electron chi connectivity index (χ0n) is 18.1. The van der Waals surface area contributed by atoms with Gasteiger partial charge in [0.15, 0.2) is 0 Å². The lowest BCUT2D eigenvalue weighted by atomic mass is 10.0. The van der Waals surface area contributed by atoms with Crippen molar-refractivity contribution in [1.82, 2.24) is 10.3 Å². The van der Waals surface area contributed by atoms with Gasteiger partial charge in [0.05, 0.1) is 12.5 Å². The molecule has 1 saturated heterocycles. The van der Waals surface area contributed by atoms with Gasteiger partial charge in [-0.25, -0.2) is 0 Å². The maximum Gasteiger partial charge on any atom is 0.247 e. The standard InChI is InChI=1S/C25H27N3O3S/c1-18-7-2-3-11-22(18)28(23(29)15-21-10-6-14-32-21)24(19-8-4-12-26-16-19)25(30)27-17-20-9-5-13-31-20/h2-4,6-8,10-12,14,16,20,24H,5,9,13,15,17H2,1H3,(H,27,30)/t20-,24+/m0/s1. The topological polar surface area (TPSA) is 71.5 Å². The molecular formula is C25H27N3O3S. The van der Waals surface area contributed by atoms with Gasteiger partial charge in [0.1, 0.15) is 6.04 Å². The summed E-state index contributed by atoms with van der Waals surface area (Å²) in [4.78, 5) is 34.0. The number of nitrogens with zero attached hydrogens (tertiary/aromatic N) is 2. The minimum atomic E-state index is -0.835. The molecule has 166 valence electrons. The number of anilines is 1. The van der Waals surface area contributed by atoms with Crippen molar-refractivity contribution in [3.63, 3.8) is 0 Å². The Labute approximate surface area is 192 Å². The molecule has 2 aromatic heterocycles. The second-order valence-electron chi connectivity index (χ2n) is 7.88. The highest BCUT2D eigenvalue weighted by atomic mass is 32.1. The van der Waals surface area contributed by atoms with Gasteiger partial charge in [0.25, 0.3) is 0 Å². The maximum atomic E-state index is 13.7. The van der Waals surface area contributed by atoms with Crippen LogP contribution in [-0.2, 0) is 20.7 Å². The molecule has 3 aromatic rings. The quantitative estimate of drug-likeness (QED) is 0.563. The fourth-order valence-electron chi connectivity index (χ4n) is 3.97. The first-order valence-electron chi connectivity index (χ1n) is 10.8. The maximum absolute atomic E-state index is 13.7. The number of pyridine rings is 1. The zero-order chi connectivity index (χ0) is 22.3. The van der Waals surface area contributed by atoms with E-state index < -0.39 is 6.04 Å². The van der Waals surface area contributed by atoms with Crippen LogP contribution < -0.4 is 10.2 Å². The Balaban J connectivity index is 1.70. The minimum Gasteiger partial charge on any atom is -0.376 e. The van der Waals surface area contributed by atoms with E-state index in [2.05, 4.69) is 10.3 Å². The van der Waals surface area contributed by atoms with Crippen LogP contribution in [0.4, 0.5) is 5.69 Å². The number of rotatable bonds is 8. The summed E-state index contributed by atoms with van der Waals surface area (Å²) >= 11 is 1.53. The van der Waals surface area contributed by atoms with E-state index in [0.29, 0.717) is 12.1 Å². The van der Waals surface area contributed by atoms with Crippen molar-refractivity contribution < 1.29 is 14.3 Å². The van der Waals surface area contributed by atoms with Gasteiger partial charge in [0.2, 0.25) is 11.8 Å². The number of benzene rings is 1. The Morgan fingerprint density at radius 2 is 2.09 bits per heavy atom. The van der Waals surface area contributed by atoms with Crippen LogP contribution in [0.15, 0.2) is 66.3 Å². The van der Waals surface area contributed by atoms with E-state index in [9.17, 15) is 9.59 Å². The average Bonchev–Trinajstić information content (AvgIpc) is 3.51. The first-order valence-corrected chi connectivity index (χ1v) is 11.7. The largest absolute Gasteiger partial charge is 0.376 e. The summed E-state index contributed by atoms with van der Waals surface area (Å²) in [5.41, 5.74) is 2.31. The minimum absolute atomic E-state index is 0.0160. The fraction of sp³-hybridized carbons (Fsp3) is 0.320. The average molecular weight is 450 g/mol. The number of carbonyl (C=O) groups excluding carboxylic acids is 2. The summed E-state index contributed by atoms with van der Waals surface area (Å²) in [5, 5.41) is 4.98. The molecule has 0 spiro atoms. The summed E-state index contributed by atoms with van der Waals surface area (Å²) in [6.07, 6.45) is 5.48. The molecule has 0 aliphatic carbocycles. The molecule has 1 aromatic carbocycles. The molecule has 7 heteroatoms. The van der Waals surface area contributed by atoms with Crippen LogP contribution in [0.2, 0.25) is 0 Å². The molecular weight excluding hydrogens is 422 g/mol. The Morgan fingerprint density at radius 3 is 2.78 bits per heavy atom. The molecule has 2 atom stereocenters. The first-order chi connectivity index (χ1) is 15.6. The Kier molecular flexibility index (Phi) is 7.29. The molecule has 1 N–H and O–H groups in total. The first kappa shape index (κ1) is 22.2. The van der Waals surface area contributed by atoms with E-state index in [1.165, 1.54) is 11.3 Å². The predicted octanol–water partition coefficient (Wildman–Crippen LogP) is 4.06. The van der Waals surface area contributed by atoms with Gasteiger partial charge >= 0.3 is 0 Å². The highest BCUT2D eigenvalue weighted by Crippen LogP contribution is 2.31. The monoisotopic (exact) mass is 449 g/mol. The summed E-state index contributed by atoms with van der Waals surface area (Å²) in [7, 11) is 0. The summed E-state index contributed by atoms with van der Waals surface area (Å²) in [6.45, 7) is 3.10. The van der Waals surface area contributed by atoms with Crippen molar-refractivity contribution in [1.29, 1.82) is 0 Å². The Hall–Kier alpha value is -3.03. The summed E-state index contributed by atoms with van der Waals surface area (Å²) in [6, 6.07) is 14.3. The normalized spacial score (nSPS) is 16.5. The van der Waals surface area contributed by atoms with Gasteiger partial charge in [0, 0.05) is 41.7 Å². The van der Waals surface area contributed by atoms with E-state index in [0.717, 1.165) is 35.6 Å². The molecule has 1 aliphatic heterocycles. The third kappa shape index (κ3) is 5.23. The van der Waals surface area contributed by atoms with Crippen molar-refractivity contribution in [3.05, 3.63) is 82.3 Å². The summed E-state index contributed by atoms with van der Waals surface area (Å²) < 4.78 is 5.66. The number of hydrogen-bond donors (Lipinski definition) is 1. The van der Waals surface area contributed by atoms with Gasteiger partial charge in [-0.1, -0.05) is 30.3 Å². The van der Waals surface area contributed by atoms with Crippen molar-refractivity contribution in [2.24, 2.45) is 0 Å². The molecule has 2 amide bonds. The van der Waals surface area contributed by atoms with E-state index in [1.54, 1.807) is 23.4 Å². The van der Waals surface area contributed by atoms with Crippen molar-refractivity contribution in [2.45, 2.75) is 38.3 Å². The number of thiophene rings is 1. The molecule has 1 aliphatic rings. The van der Waals surface area contributed by atoms with Crippen LogP contribution in [0.5, 0.6) is 0 Å². The molecule has 4 rings (SSSR count). The van der Waals surface area contributed by atoms with Crippen LogP contribution in [0.3, 0.4) is 0 Å². The van der Waals surface area contributed by atoms with E-state index in [1.807, 2.05) is 54.8 Å². The molecule has 32 heavy (non-hydrogen) atoms. The van der Waals surface area contributed by atoms with Gasteiger partial charge in [-0.05, 0) is 48.9 Å². The number of nitrogens with one attached hydrogen (secondary N) is 1. The molecule has 3 heterocycles. The highest BCUT2D eigenvalue weighted by molar-refractivity contribution is 7.10. The van der Waals surface area contributed by atoms with Crippen LogP contribution in [0.1, 0.15) is 34.9 Å². The van der Waals surface area contributed by atoms with Crippen molar-refractivity contribution >= 4 is 28.8 Å². The van der Waals surface area contributed by atoms with Crippen LogP contribution in [0, 0.1) is 6.92 Å². The van der Waals surface area contributed by atoms with Crippen LogP contribution >= 0.6 is 11.3 Å². The smallest absolute Gasteiger partial charge is 0.247 e. The number of ether oxygens (including phenoxy) is 1. The number of aromatic nitrogens is 1. The van der Waals surface area contributed by atoms with Crippen LogP contribution in [0.25, 0.3) is 0 Å². The number of para-hydroxylation sites is 1. The zero-order valence-corrected chi connectivity index (χ0v) is 18.9. The molecule has 0 radical (unpaired) electrons. The molecule has 6 nitrogen and oxygen atoms in total. The highest BCUT2D eigenvalue weighted by Gasteiger charge is 2.34. The Morgan fingerprint density at radius 1 is 1.22 bits per heavy atom. The lowest BCUT2D eigenvalue weighted by Crippen LogP contribution is -2.46. The summed E-state index contributed by atoms with van der Waals surface area (Å²) in [5.74, 6) is -0.376. The van der Waals surface area contributed by atoms with Gasteiger partial charge < -0.3 is 10.1 Å². The van der Waals surface area contributed by atoms with Gasteiger partial charge in [-0.2, -0.15) is 0 Å². The second kappa shape index (κ2) is 10.5. The number of carbonyl (C=O) groups is 2. The lowest BCUT2D eigenvalue weighted by Gasteiger charge is -2.32. The van der Waals surface area contributed by atoms with Gasteiger partial charge in [-0.15, -0.1) is 11.3 Å². The van der Waals surface area contributed by atoms with Crippen molar-refractivity contribution in [3.8, 4) is 0 Å². The number of hydrogen-bond acceptors (Lipinski definition) is 5. The molecule has 0 saturated carbocycles. The molecule has 0 unspecified atom stereocenters. The van der Waals surface area contributed by atoms with E-state index in [4.69, 9.17) is 4.74 Å². The second-order valence-corrected chi connectivity index (χ2v) is 8.91. The van der Waals surface area contributed by atoms with Crippen LogP contribution in [-0.4, -0.2) is 36.1 Å². The Bertz CT molecular complexity index is 1030.